The number of carbonyl (C=O) groups excluding carboxylic acids is 2. The van der Waals surface area contributed by atoms with Gasteiger partial charge in [-0.05, 0) is 36.4 Å². The van der Waals surface area contributed by atoms with E-state index in [4.69, 9.17) is 34.8 Å². The van der Waals surface area contributed by atoms with Gasteiger partial charge in [-0.1, -0.05) is 40.9 Å². The Hall–Kier alpha value is -1.75. The first-order chi connectivity index (χ1) is 9.95. The van der Waals surface area contributed by atoms with E-state index in [9.17, 15) is 9.59 Å². The number of amides is 2. The number of carbonyl (C=O) groups is 2. The van der Waals surface area contributed by atoms with E-state index in [-0.39, 0.29) is 5.02 Å². The predicted molar refractivity (Wildman–Crippen MR) is 85.2 cm³/mol. The number of anilines is 2. The Morgan fingerprint density at radius 1 is 0.762 bits per heavy atom. The van der Waals surface area contributed by atoms with Crippen LogP contribution in [-0.4, -0.2) is 11.8 Å². The molecule has 0 heterocycles. The van der Waals surface area contributed by atoms with Gasteiger partial charge >= 0.3 is 11.8 Å². The van der Waals surface area contributed by atoms with Crippen molar-refractivity contribution in [3.63, 3.8) is 0 Å². The third-order valence-electron chi connectivity index (χ3n) is 2.47. The van der Waals surface area contributed by atoms with Crippen molar-refractivity contribution in [1.29, 1.82) is 0 Å². The molecule has 21 heavy (non-hydrogen) atoms. The number of rotatable bonds is 2. The van der Waals surface area contributed by atoms with E-state index in [1.807, 2.05) is 0 Å². The Morgan fingerprint density at radius 2 is 1.38 bits per heavy atom. The molecule has 0 fully saturated rings. The minimum Gasteiger partial charge on any atom is -0.318 e. The minimum absolute atomic E-state index is 0.282. The summed E-state index contributed by atoms with van der Waals surface area (Å²) in [6.07, 6.45) is 0. The van der Waals surface area contributed by atoms with Gasteiger partial charge in [0.2, 0.25) is 0 Å². The highest BCUT2D eigenvalue weighted by atomic mass is 35.5. The number of nitrogens with one attached hydrogen (secondary N) is 2. The van der Waals surface area contributed by atoms with Gasteiger partial charge in [0.1, 0.15) is 0 Å². The summed E-state index contributed by atoms with van der Waals surface area (Å²) in [7, 11) is 0. The quantitative estimate of drug-likeness (QED) is 0.802. The molecule has 108 valence electrons. The lowest BCUT2D eigenvalue weighted by atomic mass is 10.3. The first kappa shape index (κ1) is 15.6. The molecule has 0 aliphatic rings. The van der Waals surface area contributed by atoms with Gasteiger partial charge in [0.05, 0.1) is 10.0 Å². The maximum atomic E-state index is 11.8. The Labute approximate surface area is 136 Å². The summed E-state index contributed by atoms with van der Waals surface area (Å²) < 4.78 is 0. The molecule has 4 nitrogen and oxygen atoms in total. The van der Waals surface area contributed by atoms with Crippen LogP contribution in [0.4, 0.5) is 11.4 Å². The average molecular weight is 344 g/mol. The lowest BCUT2D eigenvalue weighted by molar-refractivity contribution is -0.132. The van der Waals surface area contributed by atoms with Gasteiger partial charge in [0, 0.05) is 16.4 Å². The van der Waals surface area contributed by atoms with Crippen molar-refractivity contribution in [2.45, 2.75) is 0 Å². The zero-order chi connectivity index (χ0) is 15.4. The highest BCUT2D eigenvalue weighted by molar-refractivity contribution is 6.44. The van der Waals surface area contributed by atoms with Crippen LogP contribution in [0.25, 0.3) is 0 Å². The van der Waals surface area contributed by atoms with Crippen molar-refractivity contribution in [1.82, 2.24) is 0 Å². The Bertz CT molecular complexity index is 704. The summed E-state index contributed by atoms with van der Waals surface area (Å²) in [4.78, 5) is 23.5. The van der Waals surface area contributed by atoms with Gasteiger partial charge in [0.25, 0.3) is 0 Å². The molecule has 2 amide bonds. The van der Waals surface area contributed by atoms with Crippen LogP contribution in [0.15, 0.2) is 42.5 Å². The van der Waals surface area contributed by atoms with Crippen LogP contribution in [0.2, 0.25) is 15.1 Å². The lowest BCUT2D eigenvalue weighted by Gasteiger charge is -2.07. The standard InChI is InChI=1S/C14H9Cl3N2O2/c15-8-2-1-3-9(6-8)18-13(20)14(21)19-10-4-5-11(16)12(17)7-10/h1-7H,(H,18,20)(H,19,21). The van der Waals surface area contributed by atoms with Gasteiger partial charge in [0.15, 0.2) is 0 Å². The lowest BCUT2D eigenvalue weighted by Crippen LogP contribution is -2.29. The maximum Gasteiger partial charge on any atom is 0.314 e. The number of benzene rings is 2. The molecule has 2 aromatic rings. The van der Waals surface area contributed by atoms with Crippen LogP contribution in [0.1, 0.15) is 0 Å². The molecule has 2 rings (SSSR count). The zero-order valence-corrected chi connectivity index (χ0v) is 12.8. The fraction of sp³-hybridized carbons (Fsp3) is 0. The van der Waals surface area contributed by atoms with Gasteiger partial charge in [-0.3, -0.25) is 9.59 Å². The summed E-state index contributed by atoms with van der Waals surface area (Å²) >= 11 is 17.4. The minimum atomic E-state index is -0.826. The second-order valence-electron chi connectivity index (χ2n) is 4.05. The van der Waals surface area contributed by atoms with Crippen LogP contribution in [-0.2, 0) is 9.59 Å². The van der Waals surface area contributed by atoms with Crippen molar-refractivity contribution in [2.75, 3.05) is 10.6 Å². The van der Waals surface area contributed by atoms with Gasteiger partial charge in [-0.15, -0.1) is 0 Å². The normalized spacial score (nSPS) is 10.0. The number of hydrogen-bond acceptors (Lipinski definition) is 2. The van der Waals surface area contributed by atoms with Crippen molar-refractivity contribution in [3.8, 4) is 0 Å². The molecular formula is C14H9Cl3N2O2. The van der Waals surface area contributed by atoms with E-state index in [2.05, 4.69) is 10.6 Å². The second-order valence-corrected chi connectivity index (χ2v) is 5.30. The molecule has 0 atom stereocenters. The molecular weight excluding hydrogens is 335 g/mol. The molecule has 2 aromatic carbocycles. The highest BCUT2D eigenvalue weighted by Gasteiger charge is 2.14. The highest BCUT2D eigenvalue weighted by Crippen LogP contribution is 2.25. The first-order valence-corrected chi connectivity index (χ1v) is 6.92. The molecule has 0 aliphatic carbocycles. The van der Waals surface area contributed by atoms with E-state index in [0.29, 0.717) is 21.4 Å². The van der Waals surface area contributed by atoms with Crippen LogP contribution in [0.5, 0.6) is 0 Å². The molecule has 0 aromatic heterocycles. The van der Waals surface area contributed by atoms with Crippen molar-refractivity contribution >= 4 is 58.0 Å². The summed E-state index contributed by atoms with van der Waals surface area (Å²) in [5.74, 6) is -1.64. The number of halogens is 3. The zero-order valence-electron chi connectivity index (χ0n) is 10.5. The fourth-order valence-corrected chi connectivity index (χ4v) is 2.00. The third-order valence-corrected chi connectivity index (χ3v) is 3.44. The Kier molecular flexibility index (Phi) is 5.07. The maximum absolute atomic E-state index is 11.8. The second kappa shape index (κ2) is 6.80. The topological polar surface area (TPSA) is 58.2 Å². The largest absolute Gasteiger partial charge is 0.318 e. The van der Waals surface area contributed by atoms with Gasteiger partial charge in [-0.25, -0.2) is 0 Å². The van der Waals surface area contributed by atoms with Crippen LogP contribution in [0.3, 0.4) is 0 Å². The third kappa shape index (κ3) is 4.36. The molecule has 0 spiro atoms. The van der Waals surface area contributed by atoms with Gasteiger partial charge in [-0.2, -0.15) is 0 Å². The van der Waals surface area contributed by atoms with Crippen LogP contribution >= 0.6 is 34.8 Å². The Morgan fingerprint density at radius 3 is 1.95 bits per heavy atom. The molecule has 0 radical (unpaired) electrons. The van der Waals surface area contributed by atoms with E-state index >= 15 is 0 Å². The average Bonchev–Trinajstić information content (AvgIpc) is 2.43. The van der Waals surface area contributed by atoms with E-state index in [1.165, 1.54) is 18.2 Å². The summed E-state index contributed by atoms with van der Waals surface area (Å²) in [5, 5.41) is 5.95. The molecule has 0 saturated carbocycles. The van der Waals surface area contributed by atoms with Crippen LogP contribution < -0.4 is 10.6 Å². The predicted octanol–water partition coefficient (Wildman–Crippen LogP) is 4.22. The smallest absolute Gasteiger partial charge is 0.314 e. The van der Waals surface area contributed by atoms with Crippen molar-refractivity contribution in [3.05, 3.63) is 57.5 Å². The van der Waals surface area contributed by atoms with E-state index < -0.39 is 11.8 Å². The number of hydrogen-bond donors (Lipinski definition) is 2. The van der Waals surface area contributed by atoms with E-state index in [0.717, 1.165) is 0 Å². The van der Waals surface area contributed by atoms with Crippen LogP contribution in [0, 0.1) is 0 Å². The summed E-state index contributed by atoms with van der Waals surface area (Å²) in [6, 6.07) is 11.0. The molecule has 0 saturated heterocycles. The summed E-state index contributed by atoms with van der Waals surface area (Å²) in [5.41, 5.74) is 0.799. The molecule has 0 aliphatic heterocycles. The molecule has 0 unspecified atom stereocenters. The monoisotopic (exact) mass is 342 g/mol. The SMILES string of the molecule is O=C(Nc1cccc(Cl)c1)C(=O)Nc1ccc(Cl)c(Cl)c1. The molecule has 0 bridgehead atoms. The molecule has 7 heteroatoms. The van der Waals surface area contributed by atoms with Crippen molar-refractivity contribution < 1.29 is 9.59 Å². The molecule has 2 N–H and O–H groups in total. The van der Waals surface area contributed by atoms with Gasteiger partial charge < -0.3 is 10.6 Å². The summed E-state index contributed by atoms with van der Waals surface area (Å²) in [6.45, 7) is 0. The van der Waals surface area contributed by atoms with Crippen molar-refractivity contribution in [2.24, 2.45) is 0 Å². The van der Waals surface area contributed by atoms with E-state index in [1.54, 1.807) is 24.3 Å². The fourth-order valence-electron chi connectivity index (χ4n) is 1.52. The first-order valence-electron chi connectivity index (χ1n) is 5.78. The Balaban J connectivity index is 2.02.